The number of nitrogens with one attached hydrogen (secondary N) is 1. The number of benzene rings is 2. The molecule has 0 aliphatic heterocycles. The van der Waals surface area contributed by atoms with Crippen molar-refractivity contribution < 1.29 is 31.8 Å². The Hall–Kier alpha value is -3.88. The van der Waals surface area contributed by atoms with Crippen molar-refractivity contribution in [2.45, 2.75) is 19.1 Å². The molecule has 33 heavy (non-hydrogen) atoms. The highest BCUT2D eigenvalue weighted by molar-refractivity contribution is 5.73. The van der Waals surface area contributed by atoms with Gasteiger partial charge in [0.15, 0.2) is 0 Å². The Morgan fingerprint density at radius 3 is 2.52 bits per heavy atom. The number of ether oxygens (including phenoxy) is 1. The van der Waals surface area contributed by atoms with Crippen molar-refractivity contribution in [2.75, 3.05) is 5.32 Å². The van der Waals surface area contributed by atoms with Gasteiger partial charge >= 0.3 is 6.18 Å². The Bertz CT molecular complexity index is 1180. The number of aryl methyl sites for hydroxylation is 1. The number of hydrogen-bond donors (Lipinski definition) is 2. The summed E-state index contributed by atoms with van der Waals surface area (Å²) in [7, 11) is 0. The largest absolute Gasteiger partial charge is 0.508 e. The number of anilines is 1. The van der Waals surface area contributed by atoms with E-state index in [1.54, 1.807) is 0 Å². The number of aliphatic hydroxyl groups is 1. The van der Waals surface area contributed by atoms with Crippen LogP contribution >= 0.6 is 0 Å². The standard InChI is InChI=1S/C24H19F5N2O2/c1-4-20(22-13(2)10-15(25)11-19(22)26)31-21-8-7-16(12-17(21)14(3)32)33-23-18(24(27,28)29)6-5-9-30-23/h4-12,20,31-32H,1,3H2,2H3. The van der Waals surface area contributed by atoms with Gasteiger partial charge in [0.1, 0.15) is 28.7 Å². The summed E-state index contributed by atoms with van der Waals surface area (Å²) in [5.74, 6) is -2.64. The van der Waals surface area contributed by atoms with Crippen molar-refractivity contribution in [3.05, 3.63) is 102 Å². The van der Waals surface area contributed by atoms with Crippen LogP contribution in [0.25, 0.3) is 5.76 Å². The second-order valence-corrected chi connectivity index (χ2v) is 7.09. The van der Waals surface area contributed by atoms with Crippen LogP contribution in [-0.4, -0.2) is 10.1 Å². The number of nitrogens with zero attached hydrogens (tertiary/aromatic N) is 1. The van der Waals surface area contributed by atoms with Gasteiger partial charge in [-0.3, -0.25) is 0 Å². The predicted octanol–water partition coefficient (Wildman–Crippen LogP) is 7.35. The van der Waals surface area contributed by atoms with Gasteiger partial charge in [-0.25, -0.2) is 13.8 Å². The Balaban J connectivity index is 1.96. The third-order valence-electron chi connectivity index (χ3n) is 4.75. The molecule has 0 aliphatic rings. The zero-order valence-corrected chi connectivity index (χ0v) is 17.4. The molecule has 0 bridgehead atoms. The van der Waals surface area contributed by atoms with Crippen LogP contribution in [0, 0.1) is 18.6 Å². The number of aliphatic hydroxyl groups excluding tert-OH is 1. The van der Waals surface area contributed by atoms with Gasteiger partial charge in [0.2, 0.25) is 5.88 Å². The van der Waals surface area contributed by atoms with E-state index in [1.807, 2.05) is 0 Å². The van der Waals surface area contributed by atoms with Crippen LogP contribution in [-0.2, 0) is 6.18 Å². The van der Waals surface area contributed by atoms with Crippen LogP contribution in [0.4, 0.5) is 27.6 Å². The van der Waals surface area contributed by atoms with Crippen molar-refractivity contribution >= 4 is 11.4 Å². The van der Waals surface area contributed by atoms with Crippen molar-refractivity contribution in [1.29, 1.82) is 0 Å². The van der Waals surface area contributed by atoms with Crippen LogP contribution in [0.1, 0.15) is 28.3 Å². The topological polar surface area (TPSA) is 54.4 Å². The molecule has 2 N–H and O–H groups in total. The minimum Gasteiger partial charge on any atom is -0.508 e. The smallest absolute Gasteiger partial charge is 0.421 e. The fraction of sp³-hybridized carbons (Fsp3) is 0.125. The fourth-order valence-electron chi connectivity index (χ4n) is 3.27. The van der Waals surface area contributed by atoms with E-state index in [4.69, 9.17) is 4.74 Å². The number of pyridine rings is 1. The molecule has 0 fully saturated rings. The van der Waals surface area contributed by atoms with Crippen LogP contribution in [0.2, 0.25) is 0 Å². The normalized spacial score (nSPS) is 12.2. The summed E-state index contributed by atoms with van der Waals surface area (Å²) in [6, 6.07) is 7.08. The number of hydrogen-bond acceptors (Lipinski definition) is 4. The molecule has 3 aromatic rings. The fourth-order valence-corrected chi connectivity index (χ4v) is 3.27. The monoisotopic (exact) mass is 462 g/mol. The van der Waals surface area contributed by atoms with E-state index in [-0.39, 0.29) is 22.6 Å². The maximum atomic E-state index is 14.4. The Labute approximate surface area is 186 Å². The lowest BCUT2D eigenvalue weighted by Gasteiger charge is -2.22. The van der Waals surface area contributed by atoms with Gasteiger partial charge in [0.05, 0.1) is 6.04 Å². The van der Waals surface area contributed by atoms with Crippen molar-refractivity contribution in [2.24, 2.45) is 0 Å². The third-order valence-corrected chi connectivity index (χ3v) is 4.75. The Morgan fingerprint density at radius 1 is 1.18 bits per heavy atom. The lowest BCUT2D eigenvalue weighted by Crippen LogP contribution is -2.13. The zero-order valence-electron chi connectivity index (χ0n) is 17.4. The number of alkyl halides is 3. The summed E-state index contributed by atoms with van der Waals surface area (Å²) in [5.41, 5.74) is -0.233. The number of halogens is 5. The molecule has 4 nitrogen and oxygen atoms in total. The van der Waals surface area contributed by atoms with Crippen molar-refractivity contribution in [3.8, 4) is 11.6 Å². The molecule has 1 heterocycles. The molecular formula is C24H19F5N2O2. The van der Waals surface area contributed by atoms with E-state index >= 15 is 0 Å². The summed E-state index contributed by atoms with van der Waals surface area (Å²) in [6.45, 7) is 8.67. The Kier molecular flexibility index (Phi) is 6.71. The average molecular weight is 462 g/mol. The van der Waals surface area contributed by atoms with E-state index in [0.29, 0.717) is 5.56 Å². The van der Waals surface area contributed by atoms with Gasteiger partial charge in [-0.1, -0.05) is 12.7 Å². The van der Waals surface area contributed by atoms with Gasteiger partial charge in [-0.05, 0) is 48.9 Å². The van der Waals surface area contributed by atoms with Crippen LogP contribution in [0.15, 0.2) is 67.9 Å². The predicted molar refractivity (Wildman–Crippen MR) is 115 cm³/mol. The van der Waals surface area contributed by atoms with Gasteiger partial charge in [0, 0.05) is 29.1 Å². The SMILES string of the molecule is C=CC(Nc1ccc(Oc2ncccc2C(F)(F)F)cc1C(=C)O)c1c(C)cc(F)cc1F. The summed E-state index contributed by atoms with van der Waals surface area (Å²) in [6.07, 6.45) is -2.13. The lowest BCUT2D eigenvalue weighted by molar-refractivity contribution is -0.138. The number of aromatic nitrogens is 1. The molecule has 1 aromatic heterocycles. The van der Waals surface area contributed by atoms with E-state index in [2.05, 4.69) is 23.5 Å². The molecule has 9 heteroatoms. The van der Waals surface area contributed by atoms with Crippen molar-refractivity contribution in [1.82, 2.24) is 4.98 Å². The number of rotatable bonds is 7. The first-order chi connectivity index (χ1) is 15.5. The summed E-state index contributed by atoms with van der Waals surface area (Å²) in [4.78, 5) is 3.64. The van der Waals surface area contributed by atoms with Gasteiger partial charge in [0.25, 0.3) is 0 Å². The molecule has 1 atom stereocenters. The highest BCUT2D eigenvalue weighted by Gasteiger charge is 2.35. The van der Waals surface area contributed by atoms with Crippen LogP contribution in [0.5, 0.6) is 11.6 Å². The average Bonchev–Trinajstić information content (AvgIpc) is 2.72. The second-order valence-electron chi connectivity index (χ2n) is 7.09. The van der Waals surface area contributed by atoms with Gasteiger partial charge in [-0.2, -0.15) is 13.2 Å². The van der Waals surface area contributed by atoms with E-state index in [1.165, 1.54) is 37.3 Å². The first-order valence-electron chi connectivity index (χ1n) is 9.58. The van der Waals surface area contributed by atoms with Gasteiger partial charge < -0.3 is 15.2 Å². The summed E-state index contributed by atoms with van der Waals surface area (Å²) in [5, 5.41) is 13.0. The van der Waals surface area contributed by atoms with E-state index < -0.39 is 41.1 Å². The molecular weight excluding hydrogens is 443 g/mol. The van der Waals surface area contributed by atoms with Crippen LogP contribution in [0.3, 0.4) is 0 Å². The molecule has 0 amide bonds. The zero-order chi connectivity index (χ0) is 24.3. The van der Waals surface area contributed by atoms with E-state index in [0.717, 1.165) is 24.4 Å². The molecule has 0 spiro atoms. The molecule has 0 radical (unpaired) electrons. The molecule has 0 saturated heterocycles. The first-order valence-corrected chi connectivity index (χ1v) is 9.58. The third kappa shape index (κ3) is 5.31. The maximum Gasteiger partial charge on any atom is 0.421 e. The quantitative estimate of drug-likeness (QED) is 0.219. The summed E-state index contributed by atoms with van der Waals surface area (Å²) < 4.78 is 72.9. The minimum absolute atomic E-state index is 0.0470. The molecule has 172 valence electrons. The Morgan fingerprint density at radius 2 is 1.91 bits per heavy atom. The summed E-state index contributed by atoms with van der Waals surface area (Å²) >= 11 is 0. The highest BCUT2D eigenvalue weighted by atomic mass is 19.4. The highest BCUT2D eigenvalue weighted by Crippen LogP contribution is 2.38. The molecule has 1 unspecified atom stereocenters. The molecule has 0 aliphatic carbocycles. The van der Waals surface area contributed by atoms with Crippen LogP contribution < -0.4 is 10.1 Å². The molecule has 0 saturated carbocycles. The lowest BCUT2D eigenvalue weighted by atomic mass is 9.99. The van der Waals surface area contributed by atoms with Gasteiger partial charge in [-0.15, -0.1) is 6.58 Å². The molecule has 3 rings (SSSR count). The maximum absolute atomic E-state index is 14.4. The molecule has 2 aromatic carbocycles. The minimum atomic E-state index is -4.68. The first kappa shape index (κ1) is 23.8. The van der Waals surface area contributed by atoms with Crippen molar-refractivity contribution in [3.63, 3.8) is 0 Å². The van der Waals surface area contributed by atoms with E-state index in [9.17, 15) is 27.1 Å². The second kappa shape index (κ2) is 9.32.